The predicted molar refractivity (Wildman–Crippen MR) is 136 cm³/mol. The Balaban J connectivity index is 1.26. The Morgan fingerprint density at radius 1 is 1.22 bits per heavy atom. The summed E-state index contributed by atoms with van der Waals surface area (Å²) in [6, 6.07) is 12.0. The molecule has 0 bridgehead atoms. The molecule has 1 aliphatic heterocycles. The van der Waals surface area contributed by atoms with E-state index in [-0.39, 0.29) is 6.10 Å². The van der Waals surface area contributed by atoms with Crippen molar-refractivity contribution in [2.24, 2.45) is 7.05 Å². The van der Waals surface area contributed by atoms with E-state index in [1.165, 1.54) is 5.56 Å². The van der Waals surface area contributed by atoms with Crippen molar-refractivity contribution in [1.82, 2.24) is 29.8 Å². The SMILES string of the molecule is Cc1cc(-c2ccc3c(c2)CCN(CCSc2nnc(-c4cccnc4C)n2C)CC3OC=O)no1. The zero-order valence-electron chi connectivity index (χ0n) is 20.5. The van der Waals surface area contributed by atoms with Crippen LogP contribution >= 0.6 is 11.8 Å². The Morgan fingerprint density at radius 2 is 2.11 bits per heavy atom. The van der Waals surface area contributed by atoms with Crippen LogP contribution < -0.4 is 0 Å². The summed E-state index contributed by atoms with van der Waals surface area (Å²) in [5, 5.41) is 13.8. The number of ether oxygens (including phenoxy) is 1. The number of hydrogen-bond acceptors (Lipinski definition) is 9. The molecule has 4 aromatic rings. The molecule has 1 unspecified atom stereocenters. The normalized spacial score (nSPS) is 15.9. The lowest BCUT2D eigenvalue weighted by Gasteiger charge is -2.23. The molecular weight excluding hydrogens is 476 g/mol. The molecule has 9 nitrogen and oxygen atoms in total. The molecule has 3 aromatic heterocycles. The van der Waals surface area contributed by atoms with Crippen molar-refractivity contribution in [3.8, 4) is 22.6 Å². The average Bonchev–Trinajstić information content (AvgIpc) is 3.42. The number of aryl methyl sites for hydroxylation is 2. The van der Waals surface area contributed by atoms with Crippen LogP contribution in [0.3, 0.4) is 0 Å². The number of thioether (sulfide) groups is 1. The molecule has 0 aliphatic carbocycles. The first-order chi connectivity index (χ1) is 17.5. The number of aromatic nitrogens is 5. The van der Waals surface area contributed by atoms with Crippen LogP contribution in [-0.2, 0) is 23.0 Å². The van der Waals surface area contributed by atoms with E-state index in [0.717, 1.165) is 70.1 Å². The third kappa shape index (κ3) is 5.05. The Bertz CT molecular complexity index is 1370. The van der Waals surface area contributed by atoms with E-state index in [1.54, 1.807) is 18.0 Å². The summed E-state index contributed by atoms with van der Waals surface area (Å²) >= 11 is 1.67. The first-order valence-electron chi connectivity index (χ1n) is 11.9. The van der Waals surface area contributed by atoms with Gasteiger partial charge in [0.1, 0.15) is 17.6 Å². The highest BCUT2D eigenvalue weighted by molar-refractivity contribution is 7.99. The van der Waals surface area contributed by atoms with Crippen molar-refractivity contribution in [1.29, 1.82) is 0 Å². The Labute approximate surface area is 213 Å². The van der Waals surface area contributed by atoms with Crippen LogP contribution in [0, 0.1) is 13.8 Å². The molecule has 186 valence electrons. The number of pyridine rings is 1. The number of hydrogen-bond donors (Lipinski definition) is 0. The molecule has 1 aliphatic rings. The van der Waals surface area contributed by atoms with Crippen molar-refractivity contribution in [2.75, 3.05) is 25.4 Å². The lowest BCUT2D eigenvalue weighted by atomic mass is 9.97. The highest BCUT2D eigenvalue weighted by Gasteiger charge is 2.25. The van der Waals surface area contributed by atoms with Crippen molar-refractivity contribution in [3.05, 3.63) is 65.2 Å². The Kier molecular flexibility index (Phi) is 7.15. The largest absolute Gasteiger partial charge is 0.458 e. The first-order valence-corrected chi connectivity index (χ1v) is 12.8. The topological polar surface area (TPSA) is 99.2 Å². The minimum absolute atomic E-state index is 0.312. The first kappa shape index (κ1) is 24.2. The highest BCUT2D eigenvalue weighted by Crippen LogP contribution is 2.31. The number of carbonyl (C=O) groups is 1. The van der Waals surface area contributed by atoms with Crippen LogP contribution in [0.15, 0.2) is 52.3 Å². The fourth-order valence-electron chi connectivity index (χ4n) is 4.55. The van der Waals surface area contributed by atoms with Gasteiger partial charge in [0.2, 0.25) is 0 Å². The van der Waals surface area contributed by atoms with E-state index in [1.807, 2.05) is 55.8 Å². The van der Waals surface area contributed by atoms with Crippen LogP contribution in [0.4, 0.5) is 0 Å². The number of rotatable bonds is 8. The molecule has 1 atom stereocenters. The van der Waals surface area contributed by atoms with E-state index in [4.69, 9.17) is 9.26 Å². The Hall–Kier alpha value is -3.50. The summed E-state index contributed by atoms with van der Waals surface area (Å²) in [6.07, 6.45) is 2.33. The smallest absolute Gasteiger partial charge is 0.293 e. The quantitative estimate of drug-likeness (QED) is 0.260. The minimum Gasteiger partial charge on any atom is -0.458 e. The molecule has 0 saturated carbocycles. The third-order valence-electron chi connectivity index (χ3n) is 6.48. The van der Waals surface area contributed by atoms with Crippen LogP contribution in [0.25, 0.3) is 22.6 Å². The average molecular weight is 505 g/mol. The third-order valence-corrected chi connectivity index (χ3v) is 7.48. The van der Waals surface area contributed by atoms with Crippen LogP contribution in [0.5, 0.6) is 0 Å². The monoisotopic (exact) mass is 504 g/mol. The summed E-state index contributed by atoms with van der Waals surface area (Å²) < 4.78 is 12.8. The second kappa shape index (κ2) is 10.6. The van der Waals surface area contributed by atoms with Gasteiger partial charge < -0.3 is 13.8 Å². The minimum atomic E-state index is -0.312. The van der Waals surface area contributed by atoms with Gasteiger partial charge in [0.25, 0.3) is 6.47 Å². The molecule has 0 spiro atoms. The van der Waals surface area contributed by atoms with Crippen LogP contribution in [-0.4, -0.2) is 61.7 Å². The van der Waals surface area contributed by atoms with Crippen molar-refractivity contribution < 1.29 is 14.1 Å². The summed E-state index contributed by atoms with van der Waals surface area (Å²) in [5.74, 6) is 2.42. The zero-order chi connectivity index (χ0) is 25.1. The second-order valence-electron chi connectivity index (χ2n) is 8.86. The van der Waals surface area contributed by atoms with Gasteiger partial charge in [-0.15, -0.1) is 10.2 Å². The summed E-state index contributed by atoms with van der Waals surface area (Å²) in [6.45, 7) is 6.75. The molecule has 0 fully saturated rings. The summed E-state index contributed by atoms with van der Waals surface area (Å²) in [7, 11) is 1.98. The Morgan fingerprint density at radius 3 is 2.89 bits per heavy atom. The standard InChI is InChI=1S/C26H28N6O3S/c1-17-13-23(30-35-17)20-6-7-22-19(14-20)8-10-32(15-24(22)34-16-33)11-12-36-26-29-28-25(31(26)3)21-5-4-9-27-18(21)2/h4-7,9,13-14,16,24H,8,10-12,15H2,1-3H3. The van der Waals surface area contributed by atoms with Gasteiger partial charge in [0, 0.05) is 61.5 Å². The van der Waals surface area contributed by atoms with Gasteiger partial charge in [-0.2, -0.15) is 0 Å². The fourth-order valence-corrected chi connectivity index (χ4v) is 5.46. The van der Waals surface area contributed by atoms with Gasteiger partial charge in [-0.05, 0) is 49.6 Å². The highest BCUT2D eigenvalue weighted by atomic mass is 32.2. The molecule has 5 rings (SSSR count). The van der Waals surface area contributed by atoms with Gasteiger partial charge >= 0.3 is 0 Å². The lowest BCUT2D eigenvalue weighted by molar-refractivity contribution is -0.134. The van der Waals surface area contributed by atoms with E-state index in [9.17, 15) is 4.79 Å². The maximum atomic E-state index is 11.3. The molecule has 0 saturated heterocycles. The number of benzene rings is 1. The number of fused-ring (bicyclic) bond motifs is 1. The van der Waals surface area contributed by atoms with Gasteiger partial charge in [-0.3, -0.25) is 14.7 Å². The van der Waals surface area contributed by atoms with Crippen molar-refractivity contribution in [3.63, 3.8) is 0 Å². The lowest BCUT2D eigenvalue weighted by Crippen LogP contribution is -2.31. The zero-order valence-corrected chi connectivity index (χ0v) is 21.4. The van der Waals surface area contributed by atoms with Crippen molar-refractivity contribution >= 4 is 18.2 Å². The number of nitrogens with zero attached hydrogens (tertiary/aromatic N) is 6. The molecule has 0 radical (unpaired) electrons. The maximum absolute atomic E-state index is 11.3. The molecule has 36 heavy (non-hydrogen) atoms. The predicted octanol–water partition coefficient (Wildman–Crippen LogP) is 4.01. The molecule has 4 heterocycles. The maximum Gasteiger partial charge on any atom is 0.293 e. The molecule has 0 N–H and O–H groups in total. The summed E-state index contributed by atoms with van der Waals surface area (Å²) in [4.78, 5) is 18.0. The van der Waals surface area contributed by atoms with E-state index in [0.29, 0.717) is 13.0 Å². The van der Waals surface area contributed by atoms with Gasteiger partial charge in [-0.1, -0.05) is 29.1 Å². The second-order valence-corrected chi connectivity index (χ2v) is 9.92. The van der Waals surface area contributed by atoms with Crippen LogP contribution in [0.2, 0.25) is 0 Å². The van der Waals surface area contributed by atoms with E-state index < -0.39 is 0 Å². The molecule has 10 heteroatoms. The van der Waals surface area contributed by atoms with E-state index in [2.05, 4.69) is 31.3 Å². The van der Waals surface area contributed by atoms with E-state index >= 15 is 0 Å². The molecular formula is C26H28N6O3S. The molecule has 0 amide bonds. The number of carbonyl (C=O) groups excluding carboxylic acids is 1. The van der Waals surface area contributed by atoms with Gasteiger partial charge in [0.15, 0.2) is 11.0 Å². The summed E-state index contributed by atoms with van der Waals surface area (Å²) in [5.41, 5.74) is 5.94. The fraction of sp³-hybridized carbons (Fsp3) is 0.346. The van der Waals surface area contributed by atoms with Gasteiger partial charge in [0.05, 0.1) is 0 Å². The van der Waals surface area contributed by atoms with Gasteiger partial charge in [-0.25, -0.2) is 0 Å². The van der Waals surface area contributed by atoms with Crippen molar-refractivity contribution in [2.45, 2.75) is 31.5 Å². The molecule has 1 aromatic carbocycles. The van der Waals surface area contributed by atoms with Crippen LogP contribution in [0.1, 0.15) is 28.7 Å².